The molecule has 7 heteroatoms. The summed E-state index contributed by atoms with van der Waals surface area (Å²) in [6.45, 7) is 0. The lowest BCUT2D eigenvalue weighted by molar-refractivity contribution is -0.142. The van der Waals surface area contributed by atoms with Gasteiger partial charge in [-0.2, -0.15) is 10.3 Å². The number of H-pyrrole nitrogens is 1. The summed E-state index contributed by atoms with van der Waals surface area (Å²) in [5.41, 5.74) is 1.52. The molecule has 2 rings (SSSR count). The maximum absolute atomic E-state index is 11.0. The number of carbonyl (C=O) groups is 1. The molecule has 0 saturated carbocycles. The second kappa shape index (κ2) is 4.23. The van der Waals surface area contributed by atoms with Gasteiger partial charge in [0.25, 0.3) is 0 Å². The molecular weight excluding hydrogens is 212 g/mol. The van der Waals surface area contributed by atoms with Crippen LogP contribution < -0.4 is 0 Å². The molecular formula is C9H10N4O3. The molecule has 7 nitrogen and oxygen atoms in total. The summed E-state index contributed by atoms with van der Waals surface area (Å²) >= 11 is 0. The Morgan fingerprint density at radius 1 is 1.62 bits per heavy atom. The van der Waals surface area contributed by atoms with E-state index in [0.717, 1.165) is 0 Å². The van der Waals surface area contributed by atoms with Crippen LogP contribution in [-0.4, -0.2) is 38.6 Å². The van der Waals surface area contributed by atoms with Crippen molar-refractivity contribution in [1.29, 1.82) is 0 Å². The van der Waals surface area contributed by atoms with E-state index >= 15 is 0 Å². The molecule has 2 aromatic rings. The van der Waals surface area contributed by atoms with E-state index in [9.17, 15) is 9.90 Å². The third kappa shape index (κ3) is 1.98. The molecule has 2 heterocycles. The lowest BCUT2D eigenvalue weighted by Gasteiger charge is -2.08. The van der Waals surface area contributed by atoms with Crippen LogP contribution >= 0.6 is 0 Å². The highest BCUT2D eigenvalue weighted by Crippen LogP contribution is 2.18. The van der Waals surface area contributed by atoms with E-state index in [1.807, 2.05) is 0 Å². The zero-order valence-electron chi connectivity index (χ0n) is 8.54. The predicted octanol–water partition coefficient (Wildman–Crippen LogP) is -0.0506. The Labute approximate surface area is 90.4 Å². The molecule has 0 radical (unpaired) electrons. The Morgan fingerprint density at radius 3 is 3.19 bits per heavy atom. The van der Waals surface area contributed by atoms with E-state index < -0.39 is 12.1 Å². The van der Waals surface area contributed by atoms with Gasteiger partial charge >= 0.3 is 5.97 Å². The van der Waals surface area contributed by atoms with Crippen LogP contribution in [0.3, 0.4) is 0 Å². The van der Waals surface area contributed by atoms with Crippen LogP contribution in [0.4, 0.5) is 0 Å². The van der Waals surface area contributed by atoms with Crippen molar-refractivity contribution in [3.8, 4) is 0 Å². The highest BCUT2D eigenvalue weighted by atomic mass is 16.5. The minimum absolute atomic E-state index is 0.110. The third-order valence-electron chi connectivity index (χ3n) is 2.17. The van der Waals surface area contributed by atoms with E-state index in [4.69, 9.17) is 0 Å². The fourth-order valence-electron chi connectivity index (χ4n) is 1.30. The number of rotatable bonds is 3. The number of aliphatic hydroxyl groups is 1. The average Bonchev–Trinajstić information content (AvgIpc) is 2.75. The highest BCUT2D eigenvalue weighted by Gasteiger charge is 2.14. The van der Waals surface area contributed by atoms with Crippen LogP contribution in [0.2, 0.25) is 0 Å². The summed E-state index contributed by atoms with van der Waals surface area (Å²) < 4.78 is 4.46. The number of aliphatic hydroxyl groups excluding tert-OH is 1. The monoisotopic (exact) mass is 222 g/mol. The smallest absolute Gasteiger partial charge is 0.308 e. The molecule has 0 aliphatic rings. The molecule has 2 aromatic heterocycles. The number of nitrogens with one attached hydrogen (secondary N) is 1. The molecule has 84 valence electrons. The molecule has 2 N–H and O–H groups in total. The van der Waals surface area contributed by atoms with Crippen molar-refractivity contribution >= 4 is 17.1 Å². The van der Waals surface area contributed by atoms with Crippen LogP contribution in [0, 0.1) is 0 Å². The number of methoxy groups -OCH3 is 1. The first-order valence-corrected chi connectivity index (χ1v) is 4.62. The van der Waals surface area contributed by atoms with Crippen LogP contribution in [-0.2, 0) is 9.53 Å². The second-order valence-corrected chi connectivity index (χ2v) is 3.23. The SMILES string of the molecule is COC(=O)C[C@H](O)c1cnc2n[nH]nc2c1. The molecule has 16 heavy (non-hydrogen) atoms. The van der Waals surface area contributed by atoms with Crippen molar-refractivity contribution in [2.24, 2.45) is 0 Å². The molecule has 0 spiro atoms. The number of esters is 1. The Kier molecular flexibility index (Phi) is 2.78. The first-order chi connectivity index (χ1) is 7.70. The second-order valence-electron chi connectivity index (χ2n) is 3.23. The molecule has 0 aromatic carbocycles. The lowest BCUT2D eigenvalue weighted by Crippen LogP contribution is -2.08. The maximum Gasteiger partial charge on any atom is 0.308 e. The fourth-order valence-corrected chi connectivity index (χ4v) is 1.30. The molecule has 0 aliphatic carbocycles. The zero-order valence-corrected chi connectivity index (χ0v) is 8.54. The minimum Gasteiger partial charge on any atom is -0.469 e. The number of ether oxygens (including phenoxy) is 1. The van der Waals surface area contributed by atoms with E-state index in [1.54, 1.807) is 6.07 Å². The Balaban J connectivity index is 2.22. The number of aromatic nitrogens is 4. The van der Waals surface area contributed by atoms with E-state index in [0.29, 0.717) is 16.7 Å². The highest BCUT2D eigenvalue weighted by molar-refractivity contribution is 5.71. The number of hydrogen-bond acceptors (Lipinski definition) is 6. The number of nitrogens with zero attached hydrogens (tertiary/aromatic N) is 3. The quantitative estimate of drug-likeness (QED) is 0.706. The van der Waals surface area contributed by atoms with Gasteiger partial charge in [0.05, 0.1) is 19.6 Å². The van der Waals surface area contributed by atoms with Crippen molar-refractivity contribution in [2.75, 3.05) is 7.11 Å². The van der Waals surface area contributed by atoms with Gasteiger partial charge in [-0.15, -0.1) is 5.10 Å². The van der Waals surface area contributed by atoms with Gasteiger partial charge in [-0.05, 0) is 6.07 Å². The number of hydrogen-bond donors (Lipinski definition) is 2. The van der Waals surface area contributed by atoms with Crippen LogP contribution in [0.15, 0.2) is 12.3 Å². The Bertz CT molecular complexity index is 510. The number of fused-ring (bicyclic) bond motifs is 1. The Morgan fingerprint density at radius 2 is 2.44 bits per heavy atom. The zero-order chi connectivity index (χ0) is 11.5. The normalized spacial score (nSPS) is 12.6. The van der Waals surface area contributed by atoms with Gasteiger partial charge in [-0.3, -0.25) is 4.79 Å². The van der Waals surface area contributed by atoms with Crippen LogP contribution in [0.25, 0.3) is 11.2 Å². The van der Waals surface area contributed by atoms with Gasteiger partial charge in [-0.1, -0.05) is 0 Å². The minimum atomic E-state index is -0.943. The van der Waals surface area contributed by atoms with E-state index in [2.05, 4.69) is 25.1 Å². The topological polar surface area (TPSA) is 101 Å². The number of carbonyl (C=O) groups excluding carboxylic acids is 1. The molecule has 0 fully saturated rings. The first-order valence-electron chi connectivity index (χ1n) is 4.62. The van der Waals surface area contributed by atoms with Gasteiger partial charge in [-0.25, -0.2) is 4.98 Å². The van der Waals surface area contributed by atoms with Crippen molar-refractivity contribution < 1.29 is 14.6 Å². The molecule has 0 amide bonds. The van der Waals surface area contributed by atoms with Gasteiger partial charge in [0.15, 0.2) is 0 Å². The van der Waals surface area contributed by atoms with Crippen molar-refractivity contribution in [3.05, 3.63) is 17.8 Å². The van der Waals surface area contributed by atoms with Crippen molar-refractivity contribution in [3.63, 3.8) is 0 Å². The standard InChI is InChI=1S/C9H10N4O3/c1-16-8(15)3-7(14)5-2-6-9(10-4-5)12-13-11-6/h2,4,7,14H,3H2,1H3,(H,10,11,12,13)/t7-/m0/s1. The Hall–Kier alpha value is -2.02. The van der Waals surface area contributed by atoms with Crippen LogP contribution in [0.5, 0.6) is 0 Å². The molecule has 0 saturated heterocycles. The van der Waals surface area contributed by atoms with Crippen molar-refractivity contribution in [2.45, 2.75) is 12.5 Å². The first kappa shape index (κ1) is 10.5. The average molecular weight is 222 g/mol. The van der Waals surface area contributed by atoms with Gasteiger partial charge in [0, 0.05) is 11.8 Å². The lowest BCUT2D eigenvalue weighted by atomic mass is 10.1. The number of aromatic amines is 1. The van der Waals surface area contributed by atoms with Gasteiger partial charge in [0.2, 0.25) is 5.65 Å². The van der Waals surface area contributed by atoms with E-state index in [1.165, 1.54) is 13.3 Å². The third-order valence-corrected chi connectivity index (χ3v) is 2.17. The molecule has 1 atom stereocenters. The summed E-state index contributed by atoms with van der Waals surface area (Å²) in [4.78, 5) is 15.0. The van der Waals surface area contributed by atoms with E-state index in [-0.39, 0.29) is 6.42 Å². The summed E-state index contributed by atoms with van der Waals surface area (Å²) in [7, 11) is 1.27. The molecule has 0 bridgehead atoms. The fraction of sp³-hybridized carbons (Fsp3) is 0.333. The largest absolute Gasteiger partial charge is 0.469 e. The maximum atomic E-state index is 11.0. The van der Waals surface area contributed by atoms with Gasteiger partial charge < -0.3 is 9.84 Å². The summed E-state index contributed by atoms with van der Waals surface area (Å²) in [5.74, 6) is -0.479. The summed E-state index contributed by atoms with van der Waals surface area (Å²) in [6, 6.07) is 1.62. The number of pyridine rings is 1. The van der Waals surface area contributed by atoms with Crippen molar-refractivity contribution in [1.82, 2.24) is 20.4 Å². The summed E-state index contributed by atoms with van der Waals surface area (Å²) in [6.07, 6.45) is 0.404. The van der Waals surface area contributed by atoms with Gasteiger partial charge in [0.1, 0.15) is 5.52 Å². The predicted molar refractivity (Wildman–Crippen MR) is 53.3 cm³/mol. The summed E-state index contributed by atoms with van der Waals surface area (Å²) in [5, 5.41) is 19.8. The van der Waals surface area contributed by atoms with Crippen LogP contribution in [0.1, 0.15) is 18.1 Å². The molecule has 0 unspecified atom stereocenters. The molecule has 0 aliphatic heterocycles.